The minimum atomic E-state index is -0.607. The number of halogens is 5. The van der Waals surface area contributed by atoms with E-state index in [2.05, 4.69) is 21.1 Å². The van der Waals surface area contributed by atoms with Crippen LogP contribution in [0.3, 0.4) is 0 Å². The molecule has 0 unspecified atom stereocenters. The number of nitrogens with zero attached hydrogens (tertiary/aromatic N) is 2. The zero-order chi connectivity index (χ0) is 30.8. The van der Waals surface area contributed by atoms with Crippen molar-refractivity contribution >= 4 is 70.6 Å². The van der Waals surface area contributed by atoms with Crippen LogP contribution in [0.25, 0.3) is 0 Å². The largest absolute Gasteiger partial charge is 3.00 e. The minimum absolute atomic E-state index is 0. The second-order valence-corrected chi connectivity index (χ2v) is 9.73. The van der Waals surface area contributed by atoms with E-state index in [1.807, 2.05) is 0 Å². The predicted molar refractivity (Wildman–Crippen MR) is 158 cm³/mol. The molecular weight excluding hydrogens is 721 g/mol. The molecule has 0 spiro atoms. The maximum absolute atomic E-state index is 11.8. The summed E-state index contributed by atoms with van der Waals surface area (Å²) in [5.74, 6) is -2.43. The number of hydrogen-bond acceptors (Lipinski definition) is 8. The molecule has 1 radical (unpaired) electrons. The van der Waals surface area contributed by atoms with Crippen molar-refractivity contribution in [3.8, 4) is 23.0 Å². The SMILES string of the molecule is O=C(N/N=C/c1cc(Cl)cc(Cl)c1[O-])c1ccccc1O.O=C(N/N=C\c1cc(Cl)cc(Cl)c1[O-])c1ccccc1O.[Cl-].[Fe+3]. The van der Waals surface area contributed by atoms with Gasteiger partial charge in [-0.1, -0.05) is 82.2 Å². The van der Waals surface area contributed by atoms with Crippen LogP contribution < -0.4 is 33.5 Å². The first-order valence-corrected chi connectivity index (χ1v) is 13.0. The molecule has 0 fully saturated rings. The molecule has 0 heterocycles. The van der Waals surface area contributed by atoms with Crippen LogP contribution in [-0.2, 0) is 17.1 Å². The summed E-state index contributed by atoms with van der Waals surface area (Å²) in [6.45, 7) is 0. The van der Waals surface area contributed by atoms with E-state index in [4.69, 9.17) is 46.4 Å². The van der Waals surface area contributed by atoms with Gasteiger partial charge >= 0.3 is 17.1 Å². The van der Waals surface area contributed by atoms with E-state index >= 15 is 0 Å². The number of rotatable bonds is 6. The molecule has 4 aromatic carbocycles. The van der Waals surface area contributed by atoms with Crippen molar-refractivity contribution in [2.24, 2.45) is 10.2 Å². The summed E-state index contributed by atoms with van der Waals surface area (Å²) in [7, 11) is 0. The molecule has 0 saturated carbocycles. The smallest absolute Gasteiger partial charge is 1.00 e. The van der Waals surface area contributed by atoms with Gasteiger partial charge in [-0.25, -0.2) is 10.9 Å². The Bertz CT molecular complexity index is 1570. The minimum Gasteiger partial charge on any atom is -1.00 e. The number of aromatic hydroxyl groups is 2. The van der Waals surface area contributed by atoms with Crippen LogP contribution >= 0.6 is 46.4 Å². The Balaban J connectivity index is 0.000000421. The second kappa shape index (κ2) is 18.2. The van der Waals surface area contributed by atoms with E-state index in [0.29, 0.717) is 0 Å². The van der Waals surface area contributed by atoms with Crippen molar-refractivity contribution in [3.63, 3.8) is 0 Å². The third-order valence-corrected chi connectivity index (χ3v) is 6.11. The molecule has 0 aliphatic heterocycles. The third-order valence-electron chi connectivity index (χ3n) is 5.11. The fourth-order valence-electron chi connectivity index (χ4n) is 3.12. The van der Waals surface area contributed by atoms with Gasteiger partial charge in [0, 0.05) is 20.1 Å². The Kier molecular flexibility index (Phi) is 15.9. The Hall–Kier alpha value is -3.67. The summed E-state index contributed by atoms with van der Waals surface area (Å²) in [4.78, 5) is 23.5. The van der Waals surface area contributed by atoms with Crippen molar-refractivity contribution < 1.29 is 59.5 Å². The molecule has 44 heavy (non-hydrogen) atoms. The molecule has 0 atom stereocenters. The molecule has 4 rings (SSSR count). The topological polar surface area (TPSA) is 169 Å². The van der Waals surface area contributed by atoms with Crippen LogP contribution in [0.5, 0.6) is 23.0 Å². The first kappa shape index (κ1) is 38.4. The maximum Gasteiger partial charge on any atom is 3.00 e. The number of hydrazone groups is 2. The number of phenolic OH excluding ortho intramolecular Hbond substituents is 2. The third kappa shape index (κ3) is 10.8. The molecule has 229 valence electrons. The summed E-state index contributed by atoms with van der Waals surface area (Å²) < 4.78 is 0. The fourth-order valence-corrected chi connectivity index (χ4v) is 4.14. The van der Waals surface area contributed by atoms with Crippen LogP contribution in [0.4, 0.5) is 0 Å². The first-order valence-electron chi connectivity index (χ1n) is 11.5. The van der Waals surface area contributed by atoms with E-state index in [-0.39, 0.29) is 83.3 Å². The number of para-hydroxylation sites is 2. The number of carbonyl (C=O) groups excluding carboxylic acids is 2. The number of hydrogen-bond donors (Lipinski definition) is 4. The van der Waals surface area contributed by atoms with E-state index in [1.165, 1.54) is 48.5 Å². The molecule has 4 aromatic rings. The van der Waals surface area contributed by atoms with Gasteiger partial charge < -0.3 is 32.8 Å². The molecule has 0 aromatic heterocycles. The van der Waals surface area contributed by atoms with Gasteiger partial charge in [0.15, 0.2) is 0 Å². The van der Waals surface area contributed by atoms with Crippen LogP contribution in [-0.4, -0.2) is 34.5 Å². The summed E-state index contributed by atoms with van der Waals surface area (Å²) in [6, 6.07) is 17.4. The van der Waals surface area contributed by atoms with Gasteiger partial charge in [0.1, 0.15) is 11.5 Å². The molecule has 0 aliphatic rings. The van der Waals surface area contributed by atoms with Gasteiger partial charge in [0.2, 0.25) is 0 Å². The van der Waals surface area contributed by atoms with Gasteiger partial charge in [-0.05, 0) is 59.7 Å². The average Bonchev–Trinajstić information content (AvgIpc) is 2.94. The zero-order valence-corrected chi connectivity index (χ0v) is 26.6. The number of nitrogens with one attached hydrogen (secondary N) is 2. The van der Waals surface area contributed by atoms with Crippen molar-refractivity contribution in [2.75, 3.05) is 0 Å². The van der Waals surface area contributed by atoms with Crippen molar-refractivity contribution in [1.29, 1.82) is 0 Å². The second-order valence-electron chi connectivity index (χ2n) is 8.04. The molecule has 4 N–H and O–H groups in total. The van der Waals surface area contributed by atoms with Gasteiger partial charge in [-0.2, -0.15) is 10.2 Å². The van der Waals surface area contributed by atoms with Crippen LogP contribution in [0.1, 0.15) is 31.8 Å². The standard InChI is InChI=1S/2C14H10Cl2N2O3.ClH.Fe/c2*15-9-5-8(13(20)11(16)6-9)7-17-18-14(21)10-3-1-2-4-12(10)19;;/h2*1-7,19-20H,(H,18,21);1H;/q;;;+3/p-3/b17-7+;17-7-;;. The van der Waals surface area contributed by atoms with Gasteiger partial charge in [-0.3, -0.25) is 9.59 Å². The zero-order valence-electron chi connectivity index (χ0n) is 21.7. The summed E-state index contributed by atoms with van der Waals surface area (Å²) in [5.41, 5.74) is 4.83. The molecule has 0 bridgehead atoms. The Morgan fingerprint density at radius 3 is 1.34 bits per heavy atom. The van der Waals surface area contributed by atoms with E-state index in [0.717, 1.165) is 12.4 Å². The van der Waals surface area contributed by atoms with Crippen LogP contribution in [0.2, 0.25) is 20.1 Å². The van der Waals surface area contributed by atoms with Crippen molar-refractivity contribution in [2.45, 2.75) is 0 Å². The molecule has 0 saturated heterocycles. The van der Waals surface area contributed by atoms with E-state index in [1.54, 1.807) is 24.3 Å². The summed E-state index contributed by atoms with van der Waals surface area (Å²) >= 11 is 22.9. The molecule has 2 amide bonds. The predicted octanol–water partition coefficient (Wildman–Crippen LogP) is 2.07. The monoisotopic (exact) mass is 737 g/mol. The van der Waals surface area contributed by atoms with E-state index in [9.17, 15) is 30.0 Å². The Morgan fingerprint density at radius 1 is 0.659 bits per heavy atom. The van der Waals surface area contributed by atoms with Crippen molar-refractivity contribution in [1.82, 2.24) is 10.9 Å². The number of benzene rings is 4. The normalized spacial score (nSPS) is 10.3. The van der Waals surface area contributed by atoms with Gasteiger partial charge in [-0.15, -0.1) is 0 Å². The quantitative estimate of drug-likeness (QED) is 0.134. The number of phenols is 2. The molecule has 16 heteroatoms. The summed E-state index contributed by atoms with van der Waals surface area (Å²) in [5, 5.41) is 50.2. The van der Waals surface area contributed by atoms with Crippen LogP contribution in [0.15, 0.2) is 83.0 Å². The van der Waals surface area contributed by atoms with Gasteiger partial charge in [0.25, 0.3) is 11.8 Å². The number of carbonyl (C=O) groups is 2. The van der Waals surface area contributed by atoms with Crippen LogP contribution in [0, 0.1) is 0 Å². The molecule has 0 aliphatic carbocycles. The fraction of sp³-hybridized carbons (Fsp3) is 0. The average molecular weight is 740 g/mol. The van der Waals surface area contributed by atoms with Gasteiger partial charge in [0.05, 0.1) is 23.6 Å². The Labute approximate surface area is 287 Å². The van der Waals surface area contributed by atoms with Crippen molar-refractivity contribution in [3.05, 3.63) is 115 Å². The first-order chi connectivity index (χ1) is 20.0. The Morgan fingerprint density at radius 2 is 1.00 bits per heavy atom. The molecule has 10 nitrogen and oxygen atoms in total. The van der Waals surface area contributed by atoms with E-state index < -0.39 is 23.3 Å². The number of amides is 2. The molecular formula is C28H18Cl5FeN4O6. The summed E-state index contributed by atoms with van der Waals surface area (Å²) in [6.07, 6.45) is 2.27. The maximum atomic E-state index is 11.8.